The van der Waals surface area contributed by atoms with Crippen LogP contribution < -0.4 is 5.73 Å². The van der Waals surface area contributed by atoms with Crippen LogP contribution in [0.3, 0.4) is 0 Å². The molecule has 3 nitrogen and oxygen atoms in total. The molecule has 0 spiro atoms. The number of furan rings is 1. The van der Waals surface area contributed by atoms with E-state index in [0.717, 1.165) is 0 Å². The van der Waals surface area contributed by atoms with E-state index < -0.39 is 6.10 Å². The Morgan fingerprint density at radius 3 is 2.70 bits per heavy atom. The van der Waals surface area contributed by atoms with Gasteiger partial charge in [-0.25, -0.2) is 4.39 Å². The Morgan fingerprint density at radius 2 is 1.95 bits per heavy atom. The molecule has 1 aromatic heterocycles. The van der Waals surface area contributed by atoms with Crippen molar-refractivity contribution in [3.8, 4) is 0 Å². The molecule has 3 rings (SSSR count). The molecule has 2 aromatic carbocycles. The highest BCUT2D eigenvalue weighted by atomic mass is 35.5. The monoisotopic (exact) mass is 291 g/mol. The third kappa shape index (κ3) is 2.24. The van der Waals surface area contributed by atoms with Gasteiger partial charge in [0, 0.05) is 21.7 Å². The van der Waals surface area contributed by atoms with Crippen molar-refractivity contribution in [3.63, 3.8) is 0 Å². The zero-order chi connectivity index (χ0) is 14.3. The summed E-state index contributed by atoms with van der Waals surface area (Å²) in [5.74, 6) is -0.0510. The zero-order valence-corrected chi connectivity index (χ0v) is 11.1. The van der Waals surface area contributed by atoms with Gasteiger partial charge in [0.05, 0.1) is 0 Å². The molecular formula is C15H11ClFNO2. The van der Waals surface area contributed by atoms with Crippen LogP contribution in [0.4, 0.5) is 10.1 Å². The normalized spacial score (nSPS) is 12.8. The van der Waals surface area contributed by atoms with Gasteiger partial charge in [-0.3, -0.25) is 0 Å². The van der Waals surface area contributed by atoms with Gasteiger partial charge in [0.15, 0.2) is 0 Å². The van der Waals surface area contributed by atoms with Gasteiger partial charge in [-0.15, -0.1) is 0 Å². The Bertz CT molecular complexity index is 785. The summed E-state index contributed by atoms with van der Waals surface area (Å²) in [7, 11) is 0. The summed E-state index contributed by atoms with van der Waals surface area (Å²) < 4.78 is 18.7. The molecule has 0 radical (unpaired) electrons. The minimum atomic E-state index is -1.03. The Balaban J connectivity index is 2.05. The van der Waals surface area contributed by atoms with Crippen LogP contribution in [0.15, 0.2) is 46.9 Å². The van der Waals surface area contributed by atoms with Crippen molar-refractivity contribution in [2.24, 2.45) is 0 Å². The van der Waals surface area contributed by atoms with E-state index in [2.05, 4.69) is 0 Å². The summed E-state index contributed by atoms with van der Waals surface area (Å²) in [6, 6.07) is 10.6. The Hall–Kier alpha value is -2.04. The van der Waals surface area contributed by atoms with E-state index in [-0.39, 0.29) is 5.82 Å². The molecule has 0 saturated heterocycles. The fourth-order valence-electron chi connectivity index (χ4n) is 2.12. The van der Waals surface area contributed by atoms with Crippen LogP contribution in [0.25, 0.3) is 11.0 Å². The first-order chi connectivity index (χ1) is 9.54. The lowest BCUT2D eigenvalue weighted by atomic mass is 10.1. The summed E-state index contributed by atoms with van der Waals surface area (Å²) in [4.78, 5) is 0. The van der Waals surface area contributed by atoms with Crippen molar-refractivity contribution in [1.82, 2.24) is 0 Å². The quantitative estimate of drug-likeness (QED) is 0.704. The van der Waals surface area contributed by atoms with Crippen LogP contribution in [0.5, 0.6) is 0 Å². The molecule has 1 heterocycles. The molecule has 0 aliphatic heterocycles. The second kappa shape index (κ2) is 4.81. The standard InChI is InChI=1S/C15H11ClFNO2/c16-9-1-3-11(12(18)7-9)15(19)14-6-8-5-10(17)2-4-13(8)20-14/h1-7,15,19H,18H2. The number of aliphatic hydroxyl groups excluding tert-OH is 1. The SMILES string of the molecule is Nc1cc(Cl)ccc1C(O)c1cc2cc(F)ccc2o1. The lowest BCUT2D eigenvalue weighted by Gasteiger charge is -2.11. The fraction of sp³-hybridized carbons (Fsp3) is 0.0667. The predicted octanol–water partition coefficient (Wildman–Crippen LogP) is 3.89. The van der Waals surface area contributed by atoms with Crippen LogP contribution in [-0.4, -0.2) is 5.11 Å². The molecule has 0 aliphatic carbocycles. The number of nitrogen functional groups attached to an aromatic ring is 1. The third-order valence-electron chi connectivity index (χ3n) is 3.11. The zero-order valence-electron chi connectivity index (χ0n) is 10.3. The number of halogens is 2. The van der Waals surface area contributed by atoms with Gasteiger partial charge in [0.25, 0.3) is 0 Å². The van der Waals surface area contributed by atoms with Crippen molar-refractivity contribution in [2.45, 2.75) is 6.10 Å². The van der Waals surface area contributed by atoms with Crippen molar-refractivity contribution in [2.75, 3.05) is 5.73 Å². The summed E-state index contributed by atoms with van der Waals surface area (Å²) in [6.45, 7) is 0. The third-order valence-corrected chi connectivity index (χ3v) is 3.35. The molecule has 0 fully saturated rings. The number of benzene rings is 2. The molecule has 3 N–H and O–H groups in total. The molecule has 0 saturated carbocycles. The van der Waals surface area contributed by atoms with Gasteiger partial charge in [-0.2, -0.15) is 0 Å². The Labute approximate surface area is 119 Å². The number of nitrogens with two attached hydrogens (primary N) is 1. The minimum Gasteiger partial charge on any atom is -0.458 e. The molecule has 1 atom stereocenters. The maximum Gasteiger partial charge on any atom is 0.139 e. The van der Waals surface area contributed by atoms with Crippen molar-refractivity contribution >= 4 is 28.3 Å². The van der Waals surface area contributed by atoms with E-state index in [4.69, 9.17) is 21.8 Å². The Morgan fingerprint density at radius 1 is 1.15 bits per heavy atom. The molecule has 0 amide bonds. The van der Waals surface area contributed by atoms with E-state index >= 15 is 0 Å². The van der Waals surface area contributed by atoms with Crippen LogP contribution in [0, 0.1) is 5.82 Å². The molecule has 0 bridgehead atoms. The van der Waals surface area contributed by atoms with Crippen molar-refractivity contribution in [3.05, 3.63) is 64.6 Å². The summed E-state index contributed by atoms with van der Waals surface area (Å²) >= 11 is 5.82. The smallest absolute Gasteiger partial charge is 0.139 e. The molecule has 20 heavy (non-hydrogen) atoms. The first-order valence-corrected chi connectivity index (χ1v) is 6.34. The van der Waals surface area contributed by atoms with E-state index in [0.29, 0.717) is 33.0 Å². The van der Waals surface area contributed by atoms with Crippen LogP contribution >= 0.6 is 11.6 Å². The van der Waals surface area contributed by atoms with E-state index in [1.54, 1.807) is 24.3 Å². The average Bonchev–Trinajstić information content (AvgIpc) is 2.81. The number of fused-ring (bicyclic) bond motifs is 1. The summed E-state index contributed by atoms with van der Waals surface area (Å²) in [5, 5.41) is 11.4. The van der Waals surface area contributed by atoms with Crippen molar-refractivity contribution in [1.29, 1.82) is 0 Å². The first kappa shape index (κ1) is 13.0. The molecule has 1 unspecified atom stereocenters. The highest BCUT2D eigenvalue weighted by molar-refractivity contribution is 6.30. The van der Waals surface area contributed by atoms with Crippen LogP contribution in [0.1, 0.15) is 17.4 Å². The van der Waals surface area contributed by atoms with E-state index in [1.807, 2.05) is 0 Å². The van der Waals surface area contributed by atoms with E-state index in [9.17, 15) is 9.50 Å². The Kier molecular flexibility index (Phi) is 3.12. The summed E-state index contributed by atoms with van der Waals surface area (Å²) in [5.41, 5.74) is 7.21. The number of anilines is 1. The van der Waals surface area contributed by atoms with Crippen LogP contribution in [0.2, 0.25) is 5.02 Å². The second-order valence-corrected chi connectivity index (χ2v) is 4.94. The molecule has 3 aromatic rings. The number of aliphatic hydroxyl groups is 1. The lowest BCUT2D eigenvalue weighted by molar-refractivity contribution is 0.193. The van der Waals surface area contributed by atoms with Gasteiger partial charge in [0.1, 0.15) is 23.3 Å². The highest BCUT2D eigenvalue weighted by Crippen LogP contribution is 2.32. The largest absolute Gasteiger partial charge is 0.458 e. The maximum atomic E-state index is 13.1. The first-order valence-electron chi connectivity index (χ1n) is 5.96. The van der Waals surface area contributed by atoms with Gasteiger partial charge >= 0.3 is 0 Å². The van der Waals surface area contributed by atoms with Gasteiger partial charge in [0.2, 0.25) is 0 Å². The maximum absolute atomic E-state index is 13.1. The molecule has 0 aliphatic rings. The van der Waals surface area contributed by atoms with E-state index in [1.165, 1.54) is 18.2 Å². The minimum absolute atomic E-state index is 0.305. The lowest BCUT2D eigenvalue weighted by Crippen LogP contribution is -2.02. The van der Waals surface area contributed by atoms with Gasteiger partial charge in [-0.1, -0.05) is 17.7 Å². The van der Waals surface area contributed by atoms with Gasteiger partial charge < -0.3 is 15.3 Å². The topological polar surface area (TPSA) is 59.4 Å². The number of hydrogen-bond donors (Lipinski definition) is 2. The average molecular weight is 292 g/mol. The van der Waals surface area contributed by atoms with Crippen molar-refractivity contribution < 1.29 is 13.9 Å². The highest BCUT2D eigenvalue weighted by Gasteiger charge is 2.18. The molecule has 5 heteroatoms. The summed E-state index contributed by atoms with van der Waals surface area (Å²) in [6.07, 6.45) is -1.03. The predicted molar refractivity (Wildman–Crippen MR) is 76.1 cm³/mol. The van der Waals surface area contributed by atoms with Gasteiger partial charge in [-0.05, 0) is 36.4 Å². The molecule has 102 valence electrons. The molecular weight excluding hydrogens is 281 g/mol. The number of hydrogen-bond acceptors (Lipinski definition) is 3. The number of rotatable bonds is 2. The fourth-order valence-corrected chi connectivity index (χ4v) is 2.30. The van der Waals surface area contributed by atoms with Crippen LogP contribution in [-0.2, 0) is 0 Å². The second-order valence-electron chi connectivity index (χ2n) is 4.51.